The first-order valence-electron chi connectivity index (χ1n) is 13.3. The monoisotopic (exact) mass is 512 g/mol. The van der Waals surface area contributed by atoms with Crippen LogP contribution < -0.4 is 5.32 Å². The van der Waals surface area contributed by atoms with Crippen molar-refractivity contribution in [3.63, 3.8) is 0 Å². The molecule has 8 heteroatoms. The summed E-state index contributed by atoms with van der Waals surface area (Å²) >= 11 is 0. The molecule has 198 valence electrons. The van der Waals surface area contributed by atoms with Crippen molar-refractivity contribution >= 4 is 35.1 Å². The number of carbonyl (C=O) groups is 1. The Hall–Kier alpha value is -3.94. The van der Waals surface area contributed by atoms with Crippen molar-refractivity contribution in [1.29, 1.82) is 0 Å². The molecule has 2 aliphatic heterocycles. The Morgan fingerprint density at radius 3 is 2.76 bits per heavy atom. The molecular weight excluding hydrogens is 476 g/mol. The molecule has 0 saturated carbocycles. The number of ether oxygens (including phenoxy) is 1. The summed E-state index contributed by atoms with van der Waals surface area (Å²) < 4.78 is 4.67. The summed E-state index contributed by atoms with van der Waals surface area (Å²) in [6, 6.07) is 13.0. The van der Waals surface area contributed by atoms with Gasteiger partial charge in [0.2, 0.25) is 5.95 Å². The Morgan fingerprint density at radius 2 is 1.97 bits per heavy atom. The third-order valence-corrected chi connectivity index (χ3v) is 7.76. The van der Waals surface area contributed by atoms with Gasteiger partial charge in [-0.1, -0.05) is 32.0 Å². The van der Waals surface area contributed by atoms with Crippen LogP contribution in [0.25, 0.3) is 22.2 Å². The lowest BCUT2D eigenvalue weighted by atomic mass is 9.85. The lowest BCUT2D eigenvalue weighted by Gasteiger charge is -2.32. The molecule has 2 N–H and O–H groups in total. The van der Waals surface area contributed by atoms with Crippen molar-refractivity contribution in [3.8, 4) is 11.1 Å². The average molecular weight is 513 g/mol. The Labute approximate surface area is 223 Å². The quantitative estimate of drug-likeness (QED) is 0.403. The van der Waals surface area contributed by atoms with Gasteiger partial charge in [-0.3, -0.25) is 10.3 Å². The van der Waals surface area contributed by atoms with E-state index in [0.29, 0.717) is 17.8 Å². The maximum atomic E-state index is 11.6. The van der Waals surface area contributed by atoms with Crippen LogP contribution in [0.15, 0.2) is 58.2 Å². The van der Waals surface area contributed by atoms with E-state index in [0.717, 1.165) is 53.9 Å². The van der Waals surface area contributed by atoms with Crippen LogP contribution in [-0.4, -0.2) is 52.7 Å². The highest BCUT2D eigenvalue weighted by molar-refractivity contribution is 5.90. The zero-order chi connectivity index (χ0) is 26.8. The normalized spacial score (nSPS) is 20.5. The number of fused-ring (bicyclic) bond motifs is 2. The number of nitrogens with one attached hydrogen (secondary N) is 2. The number of aliphatic imine (C=N–C) groups is 2. The number of amidine groups is 1. The van der Waals surface area contributed by atoms with Crippen molar-refractivity contribution in [3.05, 3.63) is 59.3 Å². The topological polar surface area (TPSA) is 95.0 Å². The van der Waals surface area contributed by atoms with Crippen molar-refractivity contribution in [2.24, 2.45) is 21.8 Å². The zero-order valence-electron chi connectivity index (χ0n) is 22.8. The number of H-pyrrole nitrogens is 1. The third-order valence-electron chi connectivity index (χ3n) is 7.76. The van der Waals surface area contributed by atoms with E-state index < -0.39 is 6.09 Å². The number of anilines is 1. The second-order valence-electron chi connectivity index (χ2n) is 10.3. The fourth-order valence-corrected chi connectivity index (χ4v) is 5.41. The van der Waals surface area contributed by atoms with Gasteiger partial charge in [0, 0.05) is 31.1 Å². The summed E-state index contributed by atoms with van der Waals surface area (Å²) in [6.07, 6.45) is 5.59. The first kappa shape index (κ1) is 25.7. The van der Waals surface area contributed by atoms with Crippen molar-refractivity contribution in [2.75, 3.05) is 19.0 Å². The SMILES string of the molecule is CCCN(Cc1cc(-c2ccc3nc(NC(=O)OC)[nH]c3c2)ccc1C)C1=NC=C(C)C(C)C2N=CCC12. The van der Waals surface area contributed by atoms with Gasteiger partial charge >= 0.3 is 6.09 Å². The number of hydrogen-bond acceptors (Lipinski definition) is 6. The molecule has 0 aliphatic carbocycles. The van der Waals surface area contributed by atoms with Gasteiger partial charge in [0.05, 0.1) is 24.2 Å². The highest BCUT2D eigenvalue weighted by atomic mass is 16.5. The number of aryl methyl sites for hydroxylation is 1. The number of carbonyl (C=O) groups excluding carboxylic acids is 1. The lowest BCUT2D eigenvalue weighted by Crippen LogP contribution is -2.40. The van der Waals surface area contributed by atoms with Crippen LogP contribution in [0.4, 0.5) is 10.7 Å². The van der Waals surface area contributed by atoms with E-state index in [2.05, 4.69) is 95.4 Å². The first-order chi connectivity index (χ1) is 18.4. The smallest absolute Gasteiger partial charge is 0.413 e. The summed E-state index contributed by atoms with van der Waals surface area (Å²) in [5.74, 6) is 2.24. The Balaban J connectivity index is 1.44. The Kier molecular flexibility index (Phi) is 7.31. The number of hydrogen-bond donors (Lipinski definition) is 2. The van der Waals surface area contributed by atoms with Crippen LogP contribution >= 0.6 is 0 Å². The van der Waals surface area contributed by atoms with Crippen molar-refractivity contribution in [1.82, 2.24) is 14.9 Å². The molecule has 1 aromatic heterocycles. The standard InChI is InChI=1S/C30H36N6O2/c1-6-13-36(28-24-11-12-31-27(24)20(4)19(3)16-32-28)17-23-14-21(8-7-18(23)2)22-9-10-25-26(15-22)34-29(33-25)35-30(37)38-5/h7-10,12,14-16,20,24,27H,6,11,13,17H2,1-5H3,(H2,33,34,35,37). The van der Waals surface area contributed by atoms with Crippen LogP contribution in [-0.2, 0) is 11.3 Å². The molecule has 1 amide bonds. The number of aromatic nitrogens is 2. The van der Waals surface area contributed by atoms with E-state index in [9.17, 15) is 4.79 Å². The number of imidazole rings is 1. The molecule has 0 fully saturated rings. The predicted octanol–water partition coefficient (Wildman–Crippen LogP) is 6.34. The second kappa shape index (κ2) is 10.8. The molecule has 0 spiro atoms. The molecule has 3 heterocycles. The molecule has 0 radical (unpaired) electrons. The third kappa shape index (κ3) is 5.08. The fourth-order valence-electron chi connectivity index (χ4n) is 5.41. The van der Waals surface area contributed by atoms with Gasteiger partial charge in [0.15, 0.2) is 0 Å². The van der Waals surface area contributed by atoms with Crippen LogP contribution in [0.2, 0.25) is 0 Å². The van der Waals surface area contributed by atoms with Crippen LogP contribution in [0.5, 0.6) is 0 Å². The van der Waals surface area contributed by atoms with E-state index in [1.807, 2.05) is 6.07 Å². The van der Waals surface area contributed by atoms with Crippen LogP contribution in [0.3, 0.4) is 0 Å². The number of rotatable bonds is 6. The van der Waals surface area contributed by atoms with E-state index in [1.54, 1.807) is 0 Å². The molecule has 0 saturated heterocycles. The summed E-state index contributed by atoms with van der Waals surface area (Å²) in [5.41, 5.74) is 7.68. The van der Waals surface area contributed by atoms with Crippen molar-refractivity contribution in [2.45, 2.75) is 53.1 Å². The minimum atomic E-state index is -0.557. The van der Waals surface area contributed by atoms with Gasteiger partial charge in [0.1, 0.15) is 5.84 Å². The van der Waals surface area contributed by atoms with Gasteiger partial charge in [0.25, 0.3) is 0 Å². The Bertz CT molecular complexity index is 1440. The minimum absolute atomic E-state index is 0.263. The van der Waals surface area contributed by atoms with Crippen LogP contribution in [0, 0.1) is 18.8 Å². The molecular formula is C30H36N6O2. The molecule has 5 rings (SSSR count). The van der Waals surface area contributed by atoms with Gasteiger partial charge in [-0.25, -0.2) is 14.8 Å². The number of nitrogens with zero attached hydrogens (tertiary/aromatic N) is 4. The summed E-state index contributed by atoms with van der Waals surface area (Å²) in [7, 11) is 1.33. The number of aromatic amines is 1. The van der Waals surface area contributed by atoms with Gasteiger partial charge in [-0.15, -0.1) is 0 Å². The largest absolute Gasteiger partial charge is 0.453 e. The highest BCUT2D eigenvalue weighted by Crippen LogP contribution is 2.34. The average Bonchev–Trinajstić information content (AvgIpc) is 3.53. The highest BCUT2D eigenvalue weighted by Gasteiger charge is 2.37. The summed E-state index contributed by atoms with van der Waals surface area (Å²) in [4.78, 5) is 31.5. The summed E-state index contributed by atoms with van der Waals surface area (Å²) in [6.45, 7) is 10.6. The zero-order valence-corrected chi connectivity index (χ0v) is 22.8. The van der Waals surface area contributed by atoms with Crippen LogP contribution in [0.1, 0.15) is 44.7 Å². The molecule has 8 nitrogen and oxygen atoms in total. The molecule has 0 bridgehead atoms. The number of methoxy groups -OCH3 is 1. The molecule has 3 unspecified atom stereocenters. The molecule has 2 aliphatic rings. The van der Waals surface area contributed by atoms with E-state index in [1.165, 1.54) is 23.8 Å². The minimum Gasteiger partial charge on any atom is -0.453 e. The Morgan fingerprint density at radius 1 is 1.18 bits per heavy atom. The maximum Gasteiger partial charge on any atom is 0.413 e. The number of benzene rings is 2. The fraction of sp³-hybridized carbons (Fsp3) is 0.400. The van der Waals surface area contributed by atoms with Gasteiger partial charge in [-0.2, -0.15) is 0 Å². The van der Waals surface area contributed by atoms with E-state index in [-0.39, 0.29) is 6.04 Å². The molecule has 38 heavy (non-hydrogen) atoms. The van der Waals surface area contributed by atoms with E-state index >= 15 is 0 Å². The first-order valence-corrected chi connectivity index (χ1v) is 13.3. The maximum absolute atomic E-state index is 11.6. The summed E-state index contributed by atoms with van der Waals surface area (Å²) in [5, 5.41) is 2.59. The van der Waals surface area contributed by atoms with Crippen molar-refractivity contribution < 1.29 is 9.53 Å². The molecule has 3 atom stereocenters. The second-order valence-corrected chi connectivity index (χ2v) is 10.3. The molecule has 3 aromatic rings. The lowest BCUT2D eigenvalue weighted by molar-refractivity contribution is 0.186. The number of amides is 1. The molecule has 2 aromatic carbocycles. The van der Waals surface area contributed by atoms with Gasteiger partial charge in [-0.05, 0) is 78.9 Å². The predicted molar refractivity (Wildman–Crippen MR) is 154 cm³/mol. The van der Waals surface area contributed by atoms with E-state index in [4.69, 9.17) is 9.98 Å². The van der Waals surface area contributed by atoms with Gasteiger partial charge < -0.3 is 14.6 Å².